The molecule has 0 fully saturated rings. The first kappa shape index (κ1) is 24.8. The minimum atomic E-state index is -0.469. The maximum absolute atomic E-state index is 13.5. The van der Waals surface area contributed by atoms with Gasteiger partial charge in [0.1, 0.15) is 5.82 Å². The molecule has 3 aromatic carbocycles. The van der Waals surface area contributed by atoms with Gasteiger partial charge >= 0.3 is 6.03 Å². The van der Waals surface area contributed by atoms with E-state index in [1.54, 1.807) is 17.0 Å². The molecule has 0 aliphatic carbocycles. The summed E-state index contributed by atoms with van der Waals surface area (Å²) in [5.41, 5.74) is 3.63. The Bertz CT molecular complexity index is 1130. The Labute approximate surface area is 200 Å². The molecular formula is C27H31FN4O2. The molecule has 0 saturated heterocycles. The third kappa shape index (κ3) is 6.13. The van der Waals surface area contributed by atoms with Crippen molar-refractivity contribution in [3.05, 3.63) is 95.3 Å². The van der Waals surface area contributed by atoms with Gasteiger partial charge in [-0.25, -0.2) is 9.18 Å². The largest absolute Gasteiger partial charge is 0.377 e. The van der Waals surface area contributed by atoms with Gasteiger partial charge in [0.15, 0.2) is 0 Å². The van der Waals surface area contributed by atoms with Crippen molar-refractivity contribution in [2.45, 2.75) is 26.4 Å². The molecule has 2 N–H and O–H groups in total. The van der Waals surface area contributed by atoms with Crippen LogP contribution in [0.4, 0.5) is 20.6 Å². The van der Waals surface area contributed by atoms with Crippen LogP contribution >= 0.6 is 0 Å². The standard InChI is InChI=1S/C27H31FN4O2/c1-5-29-27(34)32(19(2)20-10-7-6-8-11-20)18-22-17-24(14-15-25(22)31(3)4)30-26(33)21-12-9-13-23(28)16-21/h6-17,19H,5,18H2,1-4H3,(H,29,34)(H,30,33). The Morgan fingerprint density at radius 2 is 1.71 bits per heavy atom. The summed E-state index contributed by atoms with van der Waals surface area (Å²) in [5.74, 6) is -0.870. The van der Waals surface area contributed by atoms with E-state index in [0.29, 0.717) is 18.8 Å². The van der Waals surface area contributed by atoms with E-state index in [1.165, 1.54) is 18.2 Å². The number of hydrogen-bond acceptors (Lipinski definition) is 3. The maximum Gasteiger partial charge on any atom is 0.318 e. The molecule has 6 nitrogen and oxygen atoms in total. The minimum absolute atomic E-state index is 0.169. The predicted octanol–water partition coefficient (Wildman–Crippen LogP) is 5.44. The molecule has 0 radical (unpaired) electrons. The summed E-state index contributed by atoms with van der Waals surface area (Å²) in [6.45, 7) is 4.73. The van der Waals surface area contributed by atoms with Gasteiger partial charge in [0.2, 0.25) is 0 Å². The predicted molar refractivity (Wildman–Crippen MR) is 135 cm³/mol. The van der Waals surface area contributed by atoms with E-state index in [4.69, 9.17) is 0 Å². The van der Waals surface area contributed by atoms with E-state index in [2.05, 4.69) is 10.6 Å². The van der Waals surface area contributed by atoms with E-state index in [1.807, 2.05) is 75.3 Å². The summed E-state index contributed by atoms with van der Waals surface area (Å²) >= 11 is 0. The van der Waals surface area contributed by atoms with Crippen LogP contribution in [0.1, 0.15) is 41.4 Å². The number of halogens is 1. The summed E-state index contributed by atoms with van der Waals surface area (Å²) < 4.78 is 13.5. The Hall–Kier alpha value is -3.87. The SMILES string of the molecule is CCNC(=O)N(Cc1cc(NC(=O)c2cccc(F)c2)ccc1N(C)C)C(C)c1ccccc1. The number of hydrogen-bond donors (Lipinski definition) is 2. The summed E-state index contributed by atoms with van der Waals surface area (Å²) in [4.78, 5) is 29.4. The highest BCUT2D eigenvalue weighted by molar-refractivity contribution is 6.04. The first-order valence-corrected chi connectivity index (χ1v) is 11.3. The van der Waals surface area contributed by atoms with E-state index in [9.17, 15) is 14.0 Å². The molecule has 1 unspecified atom stereocenters. The molecule has 178 valence electrons. The Morgan fingerprint density at radius 1 is 0.971 bits per heavy atom. The lowest BCUT2D eigenvalue weighted by Crippen LogP contribution is -2.41. The average Bonchev–Trinajstić information content (AvgIpc) is 2.82. The van der Waals surface area contributed by atoms with Gasteiger partial charge in [-0.3, -0.25) is 4.79 Å². The molecule has 0 bridgehead atoms. The zero-order chi connectivity index (χ0) is 24.7. The minimum Gasteiger partial charge on any atom is -0.377 e. The number of nitrogens with zero attached hydrogens (tertiary/aromatic N) is 2. The molecule has 0 heterocycles. The van der Waals surface area contributed by atoms with Crippen molar-refractivity contribution in [3.63, 3.8) is 0 Å². The fourth-order valence-electron chi connectivity index (χ4n) is 3.79. The monoisotopic (exact) mass is 462 g/mol. The second-order valence-electron chi connectivity index (χ2n) is 8.25. The van der Waals surface area contributed by atoms with Crippen molar-refractivity contribution < 1.29 is 14.0 Å². The van der Waals surface area contributed by atoms with Gasteiger partial charge in [0.25, 0.3) is 5.91 Å². The molecule has 3 rings (SSSR count). The molecule has 3 aromatic rings. The van der Waals surface area contributed by atoms with Crippen LogP contribution in [-0.4, -0.2) is 37.5 Å². The van der Waals surface area contributed by atoms with Crippen LogP contribution in [0.25, 0.3) is 0 Å². The smallest absolute Gasteiger partial charge is 0.318 e. The lowest BCUT2D eigenvalue weighted by molar-refractivity contribution is 0.102. The molecule has 0 saturated carbocycles. The molecule has 0 spiro atoms. The van der Waals surface area contributed by atoms with Crippen molar-refractivity contribution in [2.75, 3.05) is 30.9 Å². The summed E-state index contributed by atoms with van der Waals surface area (Å²) in [6, 6.07) is 20.6. The van der Waals surface area contributed by atoms with Gasteiger partial charge in [0, 0.05) is 37.6 Å². The van der Waals surface area contributed by atoms with Crippen molar-refractivity contribution in [1.29, 1.82) is 0 Å². The van der Waals surface area contributed by atoms with Gasteiger partial charge in [-0.15, -0.1) is 0 Å². The van der Waals surface area contributed by atoms with E-state index in [-0.39, 0.29) is 17.6 Å². The number of carbonyl (C=O) groups is 2. The topological polar surface area (TPSA) is 64.7 Å². The zero-order valence-electron chi connectivity index (χ0n) is 20.0. The fourth-order valence-corrected chi connectivity index (χ4v) is 3.79. The van der Waals surface area contributed by atoms with Crippen LogP contribution in [0.5, 0.6) is 0 Å². The van der Waals surface area contributed by atoms with Crippen LogP contribution in [0.2, 0.25) is 0 Å². The molecule has 7 heteroatoms. The first-order valence-electron chi connectivity index (χ1n) is 11.3. The van der Waals surface area contributed by atoms with Gasteiger partial charge in [-0.2, -0.15) is 0 Å². The van der Waals surface area contributed by atoms with Gasteiger partial charge in [0.05, 0.1) is 12.6 Å². The number of anilines is 2. The quantitative estimate of drug-likeness (QED) is 0.469. The molecular weight excluding hydrogens is 431 g/mol. The van der Waals surface area contributed by atoms with Crippen LogP contribution in [-0.2, 0) is 6.54 Å². The van der Waals surface area contributed by atoms with Crippen LogP contribution in [0, 0.1) is 5.82 Å². The van der Waals surface area contributed by atoms with Gasteiger partial charge in [-0.05, 0) is 61.4 Å². The highest BCUT2D eigenvalue weighted by Crippen LogP contribution is 2.29. The highest BCUT2D eigenvalue weighted by Gasteiger charge is 2.23. The van der Waals surface area contributed by atoms with E-state index < -0.39 is 11.7 Å². The van der Waals surface area contributed by atoms with Crippen LogP contribution < -0.4 is 15.5 Å². The van der Waals surface area contributed by atoms with E-state index in [0.717, 1.165) is 16.8 Å². The number of nitrogens with one attached hydrogen (secondary N) is 2. The molecule has 0 aromatic heterocycles. The van der Waals surface area contributed by atoms with Crippen molar-refractivity contribution >= 4 is 23.3 Å². The third-order valence-electron chi connectivity index (χ3n) is 5.59. The first-order chi connectivity index (χ1) is 16.3. The lowest BCUT2D eigenvalue weighted by atomic mass is 10.0. The molecule has 0 aliphatic heterocycles. The zero-order valence-corrected chi connectivity index (χ0v) is 20.0. The summed E-state index contributed by atoms with van der Waals surface area (Å²) in [6.07, 6.45) is 0. The van der Waals surface area contributed by atoms with Gasteiger partial charge < -0.3 is 20.4 Å². The second-order valence-corrected chi connectivity index (χ2v) is 8.25. The van der Waals surface area contributed by atoms with Crippen LogP contribution in [0.3, 0.4) is 0 Å². The normalized spacial score (nSPS) is 11.4. The van der Waals surface area contributed by atoms with Crippen molar-refractivity contribution in [3.8, 4) is 0 Å². The van der Waals surface area contributed by atoms with Gasteiger partial charge in [-0.1, -0.05) is 36.4 Å². The Morgan fingerprint density at radius 3 is 2.35 bits per heavy atom. The number of amides is 3. The van der Waals surface area contributed by atoms with E-state index >= 15 is 0 Å². The number of carbonyl (C=O) groups excluding carboxylic acids is 2. The molecule has 0 aliphatic rings. The molecule has 34 heavy (non-hydrogen) atoms. The van der Waals surface area contributed by atoms with Crippen molar-refractivity contribution in [2.24, 2.45) is 0 Å². The Kier molecular flexibility index (Phi) is 8.24. The average molecular weight is 463 g/mol. The van der Waals surface area contributed by atoms with Crippen LogP contribution in [0.15, 0.2) is 72.8 Å². The third-order valence-corrected chi connectivity index (χ3v) is 5.59. The fraction of sp³-hybridized carbons (Fsp3) is 0.259. The Balaban J connectivity index is 1.92. The second kappa shape index (κ2) is 11.3. The lowest BCUT2D eigenvalue weighted by Gasteiger charge is -2.31. The molecule has 1 atom stereocenters. The summed E-state index contributed by atoms with van der Waals surface area (Å²) in [7, 11) is 3.86. The molecule has 3 amide bonds. The van der Waals surface area contributed by atoms with Crippen molar-refractivity contribution in [1.82, 2.24) is 10.2 Å². The highest BCUT2D eigenvalue weighted by atomic mass is 19.1. The maximum atomic E-state index is 13.5. The summed E-state index contributed by atoms with van der Waals surface area (Å²) in [5, 5.41) is 5.74. The number of rotatable bonds is 8. The number of benzene rings is 3. The number of urea groups is 1.